The van der Waals surface area contributed by atoms with Crippen LogP contribution in [-0.2, 0) is 0 Å². The Morgan fingerprint density at radius 1 is 1.52 bits per heavy atom. The summed E-state index contributed by atoms with van der Waals surface area (Å²) >= 11 is 7.36. The number of hydrogen-bond donors (Lipinski definition) is 2. The smallest absolute Gasteiger partial charge is 0.266 e. The number of benzene rings is 1. The zero-order valence-corrected chi connectivity index (χ0v) is 13.3. The number of likely N-dealkylation sites (tertiary alicyclic amines) is 1. The lowest BCUT2D eigenvalue weighted by molar-refractivity contribution is -0.0105. The Morgan fingerprint density at radius 3 is 3.00 bits per heavy atom. The minimum absolute atomic E-state index is 0.107. The first-order valence-electron chi connectivity index (χ1n) is 6.86. The zero-order valence-electron chi connectivity index (χ0n) is 11.7. The topological polar surface area (TPSA) is 66.6 Å². The average Bonchev–Trinajstić information content (AvgIpc) is 2.74. The Bertz CT molecular complexity index is 711. The van der Waals surface area contributed by atoms with E-state index in [4.69, 9.17) is 17.3 Å². The molecule has 3 rings (SSSR count). The van der Waals surface area contributed by atoms with Crippen molar-refractivity contribution in [2.75, 3.05) is 18.8 Å². The molecule has 1 saturated heterocycles. The molecule has 6 heteroatoms. The largest absolute Gasteiger partial charge is 0.397 e. The van der Waals surface area contributed by atoms with E-state index >= 15 is 0 Å². The monoisotopic (exact) mass is 324 g/mol. The van der Waals surface area contributed by atoms with Gasteiger partial charge in [-0.3, -0.25) is 4.79 Å². The molecule has 2 aromatic rings. The van der Waals surface area contributed by atoms with E-state index in [-0.39, 0.29) is 5.91 Å². The summed E-state index contributed by atoms with van der Waals surface area (Å²) in [6, 6.07) is 5.45. The van der Waals surface area contributed by atoms with Crippen LogP contribution < -0.4 is 5.73 Å². The van der Waals surface area contributed by atoms with Crippen molar-refractivity contribution >= 4 is 44.6 Å². The molecule has 1 aliphatic heterocycles. The summed E-state index contributed by atoms with van der Waals surface area (Å²) in [5, 5.41) is 11.6. The van der Waals surface area contributed by atoms with Crippen molar-refractivity contribution in [2.45, 2.75) is 25.4 Å². The lowest BCUT2D eigenvalue weighted by Crippen LogP contribution is -2.48. The van der Waals surface area contributed by atoms with Crippen molar-refractivity contribution in [3.05, 3.63) is 28.1 Å². The van der Waals surface area contributed by atoms with Gasteiger partial charge in [0.15, 0.2) is 0 Å². The van der Waals surface area contributed by atoms with E-state index in [0.717, 1.165) is 16.5 Å². The fourth-order valence-corrected chi connectivity index (χ4v) is 4.03. The molecule has 0 radical (unpaired) electrons. The van der Waals surface area contributed by atoms with Crippen molar-refractivity contribution in [1.29, 1.82) is 0 Å². The number of fused-ring (bicyclic) bond motifs is 1. The van der Waals surface area contributed by atoms with Crippen LogP contribution in [0.3, 0.4) is 0 Å². The summed E-state index contributed by atoms with van der Waals surface area (Å²) in [6.07, 6.45) is 1.52. The van der Waals surface area contributed by atoms with Crippen LogP contribution in [0.2, 0.25) is 5.02 Å². The third-order valence-corrected chi connectivity index (χ3v) is 5.25. The maximum absolute atomic E-state index is 12.7. The van der Waals surface area contributed by atoms with Crippen LogP contribution in [-0.4, -0.2) is 34.6 Å². The number of anilines is 1. The molecule has 21 heavy (non-hydrogen) atoms. The normalized spacial score (nSPS) is 22.7. The number of carbonyl (C=O) groups excluding carboxylic acids is 1. The zero-order chi connectivity index (χ0) is 15.2. The molecule has 4 nitrogen and oxygen atoms in total. The van der Waals surface area contributed by atoms with Crippen LogP contribution in [0.15, 0.2) is 18.2 Å². The third-order valence-electron chi connectivity index (χ3n) is 3.84. The predicted octanol–water partition coefficient (Wildman–Crippen LogP) is 3.12. The molecule has 2 heterocycles. The molecular formula is C15H17ClN2O2S. The van der Waals surface area contributed by atoms with Gasteiger partial charge in [0.25, 0.3) is 5.91 Å². The Balaban J connectivity index is 1.96. The standard InChI is InChI=1S/C15H17ClN2O2S/c1-15(20)5-2-6-18(8-15)14(19)13-12(17)10-7-9(16)3-4-11(10)21-13/h3-4,7,20H,2,5-6,8,17H2,1H3. The number of halogens is 1. The quantitative estimate of drug-likeness (QED) is 0.847. The van der Waals surface area contributed by atoms with Gasteiger partial charge in [0.1, 0.15) is 4.88 Å². The predicted molar refractivity (Wildman–Crippen MR) is 87.0 cm³/mol. The molecule has 0 saturated carbocycles. The first-order valence-corrected chi connectivity index (χ1v) is 8.06. The third kappa shape index (κ3) is 2.73. The number of β-amino-alcohol motifs (C(OH)–C–C–N with tert-alkyl or cyclic N) is 1. The molecule has 1 unspecified atom stereocenters. The molecule has 0 bridgehead atoms. The van der Waals surface area contributed by atoms with E-state index in [0.29, 0.717) is 35.1 Å². The van der Waals surface area contributed by atoms with Crippen molar-refractivity contribution in [3.8, 4) is 0 Å². The number of nitrogens with zero attached hydrogens (tertiary/aromatic N) is 1. The van der Waals surface area contributed by atoms with Crippen LogP contribution >= 0.6 is 22.9 Å². The molecule has 1 amide bonds. The molecule has 112 valence electrons. The van der Waals surface area contributed by atoms with Gasteiger partial charge in [-0.25, -0.2) is 0 Å². The Hall–Kier alpha value is -1.30. The minimum atomic E-state index is -0.817. The van der Waals surface area contributed by atoms with Gasteiger partial charge in [-0.05, 0) is 38.0 Å². The first kappa shape index (κ1) is 14.6. The first-order chi connectivity index (χ1) is 9.87. The molecular weight excluding hydrogens is 308 g/mol. The Labute approximate surface area is 132 Å². The molecule has 1 fully saturated rings. The van der Waals surface area contributed by atoms with Crippen LogP contribution in [0.5, 0.6) is 0 Å². The number of aliphatic hydroxyl groups is 1. The second kappa shape index (κ2) is 5.16. The second-order valence-electron chi connectivity index (χ2n) is 5.81. The average molecular weight is 325 g/mol. The number of thiophene rings is 1. The van der Waals surface area contributed by atoms with Gasteiger partial charge >= 0.3 is 0 Å². The fraction of sp³-hybridized carbons (Fsp3) is 0.400. The highest BCUT2D eigenvalue weighted by molar-refractivity contribution is 7.21. The number of hydrogen-bond acceptors (Lipinski definition) is 4. The van der Waals surface area contributed by atoms with Gasteiger partial charge in [-0.15, -0.1) is 11.3 Å². The number of nitrogens with two attached hydrogens (primary N) is 1. The summed E-state index contributed by atoms with van der Waals surface area (Å²) < 4.78 is 0.948. The van der Waals surface area contributed by atoms with E-state index in [2.05, 4.69) is 0 Å². The maximum Gasteiger partial charge on any atom is 0.266 e. The summed E-state index contributed by atoms with van der Waals surface area (Å²) in [5.74, 6) is -0.107. The number of carbonyl (C=O) groups is 1. The molecule has 3 N–H and O–H groups in total. The van der Waals surface area contributed by atoms with Crippen molar-refractivity contribution < 1.29 is 9.90 Å². The highest BCUT2D eigenvalue weighted by atomic mass is 35.5. The molecule has 1 aromatic carbocycles. The van der Waals surface area contributed by atoms with Crippen LogP contribution in [0, 0.1) is 0 Å². The lowest BCUT2D eigenvalue weighted by Gasteiger charge is -2.36. The van der Waals surface area contributed by atoms with Crippen LogP contribution in [0.25, 0.3) is 10.1 Å². The Kier molecular flexibility index (Phi) is 3.59. The van der Waals surface area contributed by atoms with Gasteiger partial charge in [-0.2, -0.15) is 0 Å². The van der Waals surface area contributed by atoms with Gasteiger partial charge in [-0.1, -0.05) is 11.6 Å². The van der Waals surface area contributed by atoms with E-state index in [1.54, 1.807) is 24.0 Å². The molecule has 1 aliphatic rings. The SMILES string of the molecule is CC1(O)CCCN(C(=O)c2sc3ccc(Cl)cc3c2N)C1. The van der Waals surface area contributed by atoms with Gasteiger partial charge in [0, 0.05) is 28.2 Å². The van der Waals surface area contributed by atoms with E-state index in [1.165, 1.54) is 11.3 Å². The maximum atomic E-state index is 12.7. The second-order valence-corrected chi connectivity index (χ2v) is 7.30. The molecule has 1 atom stereocenters. The van der Waals surface area contributed by atoms with E-state index in [1.807, 2.05) is 6.07 Å². The molecule has 1 aromatic heterocycles. The highest BCUT2D eigenvalue weighted by Gasteiger charge is 2.32. The van der Waals surface area contributed by atoms with Crippen LogP contribution in [0.4, 0.5) is 5.69 Å². The molecule has 0 spiro atoms. The van der Waals surface area contributed by atoms with E-state index in [9.17, 15) is 9.90 Å². The minimum Gasteiger partial charge on any atom is -0.397 e. The molecule has 0 aliphatic carbocycles. The van der Waals surface area contributed by atoms with Gasteiger partial charge in [0.2, 0.25) is 0 Å². The number of nitrogen functional groups attached to an aromatic ring is 1. The summed E-state index contributed by atoms with van der Waals surface area (Å²) in [6.45, 7) is 2.77. The number of rotatable bonds is 1. The van der Waals surface area contributed by atoms with Crippen molar-refractivity contribution in [3.63, 3.8) is 0 Å². The summed E-state index contributed by atoms with van der Waals surface area (Å²) in [7, 11) is 0. The van der Waals surface area contributed by atoms with Gasteiger partial charge in [0.05, 0.1) is 11.3 Å². The van der Waals surface area contributed by atoms with Crippen molar-refractivity contribution in [1.82, 2.24) is 4.90 Å². The Morgan fingerprint density at radius 2 is 2.29 bits per heavy atom. The van der Waals surface area contributed by atoms with Crippen molar-refractivity contribution in [2.24, 2.45) is 0 Å². The van der Waals surface area contributed by atoms with Gasteiger partial charge < -0.3 is 15.7 Å². The van der Waals surface area contributed by atoms with E-state index < -0.39 is 5.60 Å². The fourth-order valence-electron chi connectivity index (χ4n) is 2.78. The van der Waals surface area contributed by atoms with Crippen LogP contribution in [0.1, 0.15) is 29.4 Å². The number of piperidine rings is 1. The number of amides is 1. The highest BCUT2D eigenvalue weighted by Crippen LogP contribution is 2.36. The summed E-state index contributed by atoms with van der Waals surface area (Å²) in [5.41, 5.74) is 5.79. The lowest BCUT2D eigenvalue weighted by atomic mass is 9.95. The summed E-state index contributed by atoms with van der Waals surface area (Å²) in [4.78, 5) is 14.9.